The van der Waals surface area contributed by atoms with Crippen molar-refractivity contribution in [2.24, 2.45) is 5.92 Å². The van der Waals surface area contributed by atoms with Gasteiger partial charge in [0, 0.05) is 6.61 Å². The molecule has 0 aromatic heterocycles. The van der Waals surface area contributed by atoms with E-state index in [1.54, 1.807) is 0 Å². The number of ether oxygens (including phenoxy) is 1. The van der Waals surface area contributed by atoms with Crippen molar-refractivity contribution in [2.75, 3.05) is 6.61 Å². The summed E-state index contributed by atoms with van der Waals surface area (Å²) in [6, 6.07) is 8.40. The molecule has 100 valence electrons. The quantitative estimate of drug-likeness (QED) is 0.591. The molecule has 1 unspecified atom stereocenters. The Morgan fingerprint density at radius 3 is 2.50 bits per heavy atom. The third-order valence-corrected chi connectivity index (χ3v) is 3.38. The molecule has 1 heteroatoms. The predicted octanol–water partition coefficient (Wildman–Crippen LogP) is 5.06. The molecule has 18 heavy (non-hydrogen) atoms. The molecule has 0 bridgehead atoms. The van der Waals surface area contributed by atoms with E-state index in [4.69, 9.17) is 4.74 Å². The van der Waals surface area contributed by atoms with Crippen LogP contribution < -0.4 is 0 Å². The van der Waals surface area contributed by atoms with Gasteiger partial charge in [0.15, 0.2) is 0 Å². The maximum atomic E-state index is 5.82. The summed E-state index contributed by atoms with van der Waals surface area (Å²) in [5.41, 5.74) is 2.40. The molecule has 1 aromatic rings. The van der Waals surface area contributed by atoms with Crippen molar-refractivity contribution in [3.63, 3.8) is 0 Å². The van der Waals surface area contributed by atoms with Gasteiger partial charge in [0.2, 0.25) is 0 Å². The lowest BCUT2D eigenvalue weighted by atomic mass is 10.0. The molecule has 1 nitrogen and oxygen atoms in total. The molecule has 1 rings (SSSR count). The molecule has 1 aromatic carbocycles. The Morgan fingerprint density at radius 1 is 1.22 bits per heavy atom. The molecule has 0 aliphatic rings. The van der Waals surface area contributed by atoms with Gasteiger partial charge in [-0.1, -0.05) is 70.0 Å². The van der Waals surface area contributed by atoms with Gasteiger partial charge in [-0.05, 0) is 23.5 Å². The predicted molar refractivity (Wildman–Crippen MR) is 79.5 cm³/mol. The van der Waals surface area contributed by atoms with E-state index >= 15 is 0 Å². The van der Waals surface area contributed by atoms with E-state index in [0.717, 1.165) is 24.7 Å². The lowest BCUT2D eigenvalue weighted by Crippen LogP contribution is -2.08. The molecular formula is C17H26O. The normalized spacial score (nSPS) is 12.3. The van der Waals surface area contributed by atoms with Gasteiger partial charge in [0.1, 0.15) is 0 Å². The zero-order valence-electron chi connectivity index (χ0n) is 11.8. The second kappa shape index (κ2) is 8.93. The number of benzene rings is 1. The summed E-state index contributed by atoms with van der Waals surface area (Å²) in [7, 11) is 0. The molecule has 0 heterocycles. The minimum absolute atomic E-state index is 0.720. The van der Waals surface area contributed by atoms with E-state index in [1.165, 1.54) is 31.2 Å². The summed E-state index contributed by atoms with van der Waals surface area (Å²) >= 11 is 0. The number of hydrogen-bond donors (Lipinski definition) is 0. The molecule has 0 amide bonds. The molecule has 0 saturated carbocycles. The van der Waals surface area contributed by atoms with Gasteiger partial charge < -0.3 is 4.74 Å². The Bertz CT molecular complexity index is 326. The second-order valence-electron chi connectivity index (χ2n) is 4.88. The van der Waals surface area contributed by atoms with Crippen molar-refractivity contribution in [3.05, 3.63) is 42.0 Å². The lowest BCUT2D eigenvalue weighted by molar-refractivity contribution is 0.0820. The molecular weight excluding hydrogens is 220 g/mol. The molecule has 0 N–H and O–H groups in total. The largest absolute Gasteiger partial charge is 0.376 e. The van der Waals surface area contributed by atoms with Crippen LogP contribution >= 0.6 is 0 Å². The molecule has 0 spiro atoms. The van der Waals surface area contributed by atoms with Crippen LogP contribution in [0.1, 0.15) is 50.7 Å². The Balaban J connectivity index is 2.28. The first-order valence-corrected chi connectivity index (χ1v) is 7.09. The van der Waals surface area contributed by atoms with Gasteiger partial charge in [0.25, 0.3) is 0 Å². The van der Waals surface area contributed by atoms with Gasteiger partial charge in [-0.3, -0.25) is 0 Å². The average Bonchev–Trinajstić information content (AvgIpc) is 2.43. The summed E-state index contributed by atoms with van der Waals surface area (Å²) < 4.78 is 5.82. The van der Waals surface area contributed by atoms with E-state index in [9.17, 15) is 0 Å². The topological polar surface area (TPSA) is 9.23 Å². The highest BCUT2D eigenvalue weighted by molar-refractivity contribution is 5.47. The van der Waals surface area contributed by atoms with Crippen LogP contribution in [0.3, 0.4) is 0 Å². The van der Waals surface area contributed by atoms with Gasteiger partial charge in [-0.2, -0.15) is 0 Å². The van der Waals surface area contributed by atoms with E-state index in [0.29, 0.717) is 0 Å². The smallest absolute Gasteiger partial charge is 0.0717 e. The molecule has 0 fully saturated rings. The molecule has 1 atom stereocenters. The second-order valence-corrected chi connectivity index (χ2v) is 4.88. The summed E-state index contributed by atoms with van der Waals surface area (Å²) in [6.45, 7) is 9.86. The minimum atomic E-state index is 0.720. The molecule has 0 aliphatic carbocycles. The van der Waals surface area contributed by atoms with Crippen molar-refractivity contribution in [1.82, 2.24) is 0 Å². The Labute approximate surface area is 112 Å². The van der Waals surface area contributed by atoms with Crippen LogP contribution in [-0.2, 0) is 11.3 Å². The first-order chi connectivity index (χ1) is 8.80. The fourth-order valence-corrected chi connectivity index (χ4v) is 1.99. The number of unbranched alkanes of at least 4 members (excludes halogenated alkanes) is 1. The molecule has 0 saturated heterocycles. The monoisotopic (exact) mass is 246 g/mol. The Morgan fingerprint density at radius 2 is 1.94 bits per heavy atom. The Hall–Kier alpha value is -1.08. The maximum Gasteiger partial charge on any atom is 0.0717 e. The Kier molecular flexibility index (Phi) is 7.43. The summed E-state index contributed by atoms with van der Waals surface area (Å²) in [5, 5.41) is 0. The lowest BCUT2D eigenvalue weighted by Gasteiger charge is -2.14. The van der Waals surface area contributed by atoms with Gasteiger partial charge >= 0.3 is 0 Å². The van der Waals surface area contributed by atoms with E-state index in [-0.39, 0.29) is 0 Å². The highest BCUT2D eigenvalue weighted by Gasteiger charge is 2.05. The van der Waals surface area contributed by atoms with Crippen LogP contribution in [0.4, 0.5) is 0 Å². The summed E-state index contributed by atoms with van der Waals surface area (Å²) in [6.07, 6.45) is 6.97. The van der Waals surface area contributed by atoms with Crippen LogP contribution in [0.25, 0.3) is 6.08 Å². The van der Waals surface area contributed by atoms with E-state index in [1.807, 2.05) is 6.08 Å². The minimum Gasteiger partial charge on any atom is -0.376 e. The number of rotatable bonds is 9. The number of hydrogen-bond acceptors (Lipinski definition) is 1. The van der Waals surface area contributed by atoms with Gasteiger partial charge in [-0.25, -0.2) is 0 Å². The van der Waals surface area contributed by atoms with Gasteiger partial charge in [-0.15, -0.1) is 0 Å². The van der Waals surface area contributed by atoms with E-state index in [2.05, 4.69) is 44.7 Å². The first-order valence-electron chi connectivity index (χ1n) is 7.09. The fourth-order valence-electron chi connectivity index (χ4n) is 1.99. The third kappa shape index (κ3) is 5.50. The van der Waals surface area contributed by atoms with Crippen molar-refractivity contribution in [3.8, 4) is 0 Å². The molecule has 0 aliphatic heterocycles. The van der Waals surface area contributed by atoms with E-state index < -0.39 is 0 Å². The van der Waals surface area contributed by atoms with Crippen LogP contribution in [0, 0.1) is 5.92 Å². The van der Waals surface area contributed by atoms with Crippen molar-refractivity contribution in [2.45, 2.75) is 46.1 Å². The SMILES string of the molecule is C=Cc1ccc(COCC(CC)CCCC)cc1. The zero-order chi connectivity index (χ0) is 13.2. The van der Waals surface area contributed by atoms with Crippen LogP contribution in [0.2, 0.25) is 0 Å². The molecule has 0 radical (unpaired) electrons. The van der Waals surface area contributed by atoms with Crippen LogP contribution in [0.15, 0.2) is 30.8 Å². The third-order valence-electron chi connectivity index (χ3n) is 3.38. The zero-order valence-corrected chi connectivity index (χ0v) is 11.8. The maximum absolute atomic E-state index is 5.82. The van der Waals surface area contributed by atoms with Crippen LogP contribution in [-0.4, -0.2) is 6.61 Å². The van der Waals surface area contributed by atoms with Crippen molar-refractivity contribution in [1.29, 1.82) is 0 Å². The highest BCUT2D eigenvalue weighted by Crippen LogP contribution is 2.14. The standard InChI is InChI=1S/C17H26O/c1-4-7-8-16(6-3)13-18-14-17-11-9-15(5-2)10-12-17/h5,9-12,16H,2,4,6-8,13-14H2,1,3H3. The van der Waals surface area contributed by atoms with Crippen molar-refractivity contribution < 1.29 is 4.74 Å². The summed E-state index contributed by atoms with van der Waals surface area (Å²) in [5.74, 6) is 0.720. The fraction of sp³-hybridized carbons (Fsp3) is 0.529. The average molecular weight is 246 g/mol. The van der Waals surface area contributed by atoms with Gasteiger partial charge in [0.05, 0.1) is 6.61 Å². The summed E-state index contributed by atoms with van der Waals surface area (Å²) in [4.78, 5) is 0. The van der Waals surface area contributed by atoms with Crippen molar-refractivity contribution >= 4 is 6.08 Å². The highest BCUT2D eigenvalue weighted by atomic mass is 16.5. The first kappa shape index (κ1) is 15.0. The van der Waals surface area contributed by atoms with Crippen LogP contribution in [0.5, 0.6) is 0 Å².